The van der Waals surface area contributed by atoms with Crippen molar-refractivity contribution in [3.8, 4) is 0 Å². The zero-order chi connectivity index (χ0) is 8.27. The Kier molecular flexibility index (Phi) is 2.25. The number of aryl methyl sites for hydroxylation is 1. The highest BCUT2D eigenvalue weighted by molar-refractivity contribution is 5.76. The molecule has 1 rings (SSSR count). The van der Waals surface area contributed by atoms with Crippen LogP contribution in [0, 0.1) is 0 Å². The summed E-state index contributed by atoms with van der Waals surface area (Å²) in [5.41, 5.74) is 0. The number of hydrogen-bond donors (Lipinski definition) is 1. The number of nitrogens with zero attached hydrogens (tertiary/aromatic N) is 2. The Morgan fingerprint density at radius 1 is 1.82 bits per heavy atom. The quantitative estimate of drug-likeness (QED) is 0.643. The first-order chi connectivity index (χ1) is 5.29. The van der Waals surface area contributed by atoms with Gasteiger partial charge in [-0.05, 0) is 0 Å². The van der Waals surface area contributed by atoms with Crippen LogP contribution in [0.2, 0.25) is 0 Å². The first-order valence-corrected chi connectivity index (χ1v) is 3.54. The summed E-state index contributed by atoms with van der Waals surface area (Å²) in [7, 11) is 1.60. The number of rotatable bonds is 1. The van der Waals surface area contributed by atoms with Gasteiger partial charge in [0.15, 0.2) is 0 Å². The molecular weight excluding hydrogens is 142 g/mol. The zero-order valence-corrected chi connectivity index (χ0v) is 6.66. The molecule has 4 heteroatoms. The molecule has 0 spiro atoms. The lowest BCUT2D eigenvalue weighted by atomic mass is 10.4. The molecule has 1 N–H and O–H groups in total. The van der Waals surface area contributed by atoms with Crippen LogP contribution in [0.1, 0.15) is 12.7 Å². The smallest absolute Gasteiger partial charge is 0.326 e. The van der Waals surface area contributed by atoms with Crippen LogP contribution in [-0.2, 0) is 6.42 Å². The highest BCUT2D eigenvalue weighted by Gasteiger charge is 2.05. The van der Waals surface area contributed by atoms with E-state index in [9.17, 15) is 4.79 Å². The molecule has 11 heavy (non-hydrogen) atoms. The zero-order valence-electron chi connectivity index (χ0n) is 6.66. The maximum Gasteiger partial charge on any atom is 0.326 e. The summed E-state index contributed by atoms with van der Waals surface area (Å²) in [5, 5.41) is 2.53. The fraction of sp³-hybridized carbons (Fsp3) is 0.429. The Morgan fingerprint density at radius 3 is 3.09 bits per heavy atom. The van der Waals surface area contributed by atoms with E-state index in [0.717, 1.165) is 12.2 Å². The molecular formula is C7H11N3O. The minimum absolute atomic E-state index is 0.139. The Hall–Kier alpha value is -1.32. The highest BCUT2D eigenvalue weighted by atomic mass is 16.2. The van der Waals surface area contributed by atoms with Gasteiger partial charge in [-0.1, -0.05) is 6.92 Å². The normalized spacial score (nSPS) is 9.64. The van der Waals surface area contributed by atoms with E-state index in [1.54, 1.807) is 19.4 Å². The Morgan fingerprint density at radius 2 is 2.55 bits per heavy atom. The van der Waals surface area contributed by atoms with Gasteiger partial charge in [-0.15, -0.1) is 0 Å². The van der Waals surface area contributed by atoms with Gasteiger partial charge in [-0.25, -0.2) is 9.78 Å². The minimum atomic E-state index is -0.139. The fourth-order valence-electron chi connectivity index (χ4n) is 0.901. The Balaban J connectivity index is 2.92. The molecule has 4 nitrogen and oxygen atoms in total. The van der Waals surface area contributed by atoms with Gasteiger partial charge in [-0.2, -0.15) is 0 Å². The van der Waals surface area contributed by atoms with Crippen molar-refractivity contribution in [2.24, 2.45) is 0 Å². The molecule has 0 fully saturated rings. The molecule has 0 unspecified atom stereocenters. The van der Waals surface area contributed by atoms with Crippen molar-refractivity contribution in [3.05, 3.63) is 18.2 Å². The molecule has 1 heterocycles. The molecule has 0 aliphatic carbocycles. The lowest BCUT2D eigenvalue weighted by Gasteiger charge is -2.01. The number of aromatic nitrogens is 2. The maximum atomic E-state index is 11.1. The van der Waals surface area contributed by atoms with Crippen molar-refractivity contribution >= 4 is 6.03 Å². The van der Waals surface area contributed by atoms with E-state index >= 15 is 0 Å². The molecule has 0 bridgehead atoms. The van der Waals surface area contributed by atoms with Crippen LogP contribution in [0.5, 0.6) is 0 Å². The SMILES string of the molecule is CCc1nccn1C(=O)NC. The molecule has 1 aromatic heterocycles. The van der Waals surface area contributed by atoms with Gasteiger partial charge in [0.05, 0.1) is 0 Å². The number of carbonyl (C=O) groups is 1. The van der Waals surface area contributed by atoms with Crippen molar-refractivity contribution in [3.63, 3.8) is 0 Å². The van der Waals surface area contributed by atoms with Crippen LogP contribution in [-0.4, -0.2) is 22.6 Å². The molecule has 60 valence electrons. The number of carbonyl (C=O) groups excluding carboxylic acids is 1. The van der Waals surface area contributed by atoms with E-state index < -0.39 is 0 Å². The number of imidazole rings is 1. The lowest BCUT2D eigenvalue weighted by molar-refractivity contribution is 0.243. The van der Waals surface area contributed by atoms with Gasteiger partial charge in [0.1, 0.15) is 5.82 Å². The third-order valence-electron chi connectivity index (χ3n) is 1.47. The van der Waals surface area contributed by atoms with Crippen LogP contribution < -0.4 is 5.32 Å². The predicted molar refractivity (Wildman–Crippen MR) is 41.5 cm³/mol. The third kappa shape index (κ3) is 1.39. The van der Waals surface area contributed by atoms with E-state index in [2.05, 4.69) is 10.3 Å². The second kappa shape index (κ2) is 3.18. The molecule has 1 amide bonds. The third-order valence-corrected chi connectivity index (χ3v) is 1.47. The molecule has 0 radical (unpaired) electrons. The van der Waals surface area contributed by atoms with Gasteiger partial charge in [0, 0.05) is 25.9 Å². The monoisotopic (exact) mass is 153 g/mol. The van der Waals surface area contributed by atoms with Gasteiger partial charge in [-0.3, -0.25) is 4.57 Å². The lowest BCUT2D eigenvalue weighted by Crippen LogP contribution is -2.25. The summed E-state index contributed by atoms with van der Waals surface area (Å²) in [6.45, 7) is 1.96. The Bertz CT molecular complexity index is 254. The van der Waals surface area contributed by atoms with Crippen molar-refractivity contribution < 1.29 is 4.79 Å². The standard InChI is InChI=1S/C7H11N3O/c1-3-6-9-4-5-10(6)7(11)8-2/h4-5H,3H2,1-2H3,(H,8,11). The van der Waals surface area contributed by atoms with Crippen LogP contribution in [0.15, 0.2) is 12.4 Å². The minimum Gasteiger partial charge on any atom is -0.340 e. The molecule has 0 saturated carbocycles. The molecule has 1 aromatic rings. The topological polar surface area (TPSA) is 46.9 Å². The van der Waals surface area contributed by atoms with Crippen LogP contribution in [0.4, 0.5) is 4.79 Å². The molecule has 0 aliphatic rings. The van der Waals surface area contributed by atoms with Crippen LogP contribution >= 0.6 is 0 Å². The highest BCUT2D eigenvalue weighted by Crippen LogP contribution is 1.96. The summed E-state index contributed by atoms with van der Waals surface area (Å²) in [6, 6.07) is -0.139. The van der Waals surface area contributed by atoms with E-state index in [1.165, 1.54) is 4.57 Å². The summed E-state index contributed by atoms with van der Waals surface area (Å²) in [4.78, 5) is 15.1. The van der Waals surface area contributed by atoms with Gasteiger partial charge in [0.2, 0.25) is 0 Å². The summed E-state index contributed by atoms with van der Waals surface area (Å²) >= 11 is 0. The van der Waals surface area contributed by atoms with Crippen LogP contribution in [0.25, 0.3) is 0 Å². The average Bonchev–Trinajstić information content (AvgIpc) is 2.50. The second-order valence-corrected chi connectivity index (χ2v) is 2.12. The molecule has 0 saturated heterocycles. The molecule has 0 aliphatic heterocycles. The van der Waals surface area contributed by atoms with Gasteiger partial charge < -0.3 is 5.32 Å². The largest absolute Gasteiger partial charge is 0.340 e. The first kappa shape index (κ1) is 7.78. The van der Waals surface area contributed by atoms with Crippen molar-refractivity contribution in [2.45, 2.75) is 13.3 Å². The van der Waals surface area contributed by atoms with Crippen molar-refractivity contribution in [1.82, 2.24) is 14.9 Å². The summed E-state index contributed by atoms with van der Waals surface area (Å²) < 4.78 is 1.50. The van der Waals surface area contributed by atoms with Crippen LogP contribution in [0.3, 0.4) is 0 Å². The molecule has 0 aromatic carbocycles. The average molecular weight is 153 g/mol. The summed E-state index contributed by atoms with van der Waals surface area (Å²) in [6.07, 6.45) is 4.03. The number of amides is 1. The number of nitrogens with one attached hydrogen (secondary N) is 1. The van der Waals surface area contributed by atoms with Crippen molar-refractivity contribution in [1.29, 1.82) is 0 Å². The second-order valence-electron chi connectivity index (χ2n) is 2.12. The van der Waals surface area contributed by atoms with Gasteiger partial charge in [0.25, 0.3) is 0 Å². The maximum absolute atomic E-state index is 11.1. The summed E-state index contributed by atoms with van der Waals surface area (Å²) in [5.74, 6) is 0.782. The van der Waals surface area contributed by atoms with Gasteiger partial charge >= 0.3 is 6.03 Å². The fourth-order valence-corrected chi connectivity index (χ4v) is 0.901. The molecule has 0 atom stereocenters. The predicted octanol–water partition coefficient (Wildman–Crippen LogP) is 0.633. The number of hydrogen-bond acceptors (Lipinski definition) is 2. The Labute approximate surface area is 65.2 Å². The van der Waals surface area contributed by atoms with E-state index in [4.69, 9.17) is 0 Å². The first-order valence-electron chi connectivity index (χ1n) is 3.54. The van der Waals surface area contributed by atoms with E-state index in [0.29, 0.717) is 0 Å². The van der Waals surface area contributed by atoms with E-state index in [1.807, 2.05) is 6.92 Å². The van der Waals surface area contributed by atoms with Crippen molar-refractivity contribution in [2.75, 3.05) is 7.05 Å². The van der Waals surface area contributed by atoms with E-state index in [-0.39, 0.29) is 6.03 Å².